The summed E-state index contributed by atoms with van der Waals surface area (Å²) in [5, 5.41) is 0. The van der Waals surface area contributed by atoms with Gasteiger partial charge in [0, 0.05) is 0 Å². The lowest BCUT2D eigenvalue weighted by molar-refractivity contribution is 0.0945. The van der Waals surface area contributed by atoms with Crippen LogP contribution in [0.3, 0.4) is 0 Å². The van der Waals surface area contributed by atoms with E-state index in [1.165, 1.54) is 6.07 Å². The number of Topliss-reactive ketones (excluding diaryl/α,β-unsaturated/α-hetero) is 1. The van der Waals surface area contributed by atoms with E-state index in [4.69, 9.17) is 0 Å². The molecule has 0 spiro atoms. The topological polar surface area (TPSA) is 17.1 Å². The summed E-state index contributed by atoms with van der Waals surface area (Å²) >= 11 is 3.19. The van der Waals surface area contributed by atoms with Crippen LogP contribution < -0.4 is 0 Å². The SMILES string of the molecule is CC(C)(C)C(Br)C(=O)c1c(F)cccc1F. The van der Waals surface area contributed by atoms with Crippen LogP contribution in [-0.2, 0) is 0 Å². The predicted molar refractivity (Wildman–Crippen MR) is 62.9 cm³/mol. The molecule has 1 atom stereocenters. The Balaban J connectivity index is 3.16. The van der Waals surface area contributed by atoms with Crippen molar-refractivity contribution in [3.63, 3.8) is 0 Å². The number of hydrogen-bond acceptors (Lipinski definition) is 1. The lowest BCUT2D eigenvalue weighted by Crippen LogP contribution is -2.30. The number of alkyl halides is 1. The summed E-state index contributed by atoms with van der Waals surface area (Å²) in [6.45, 7) is 5.47. The van der Waals surface area contributed by atoms with Gasteiger partial charge in [-0.05, 0) is 17.5 Å². The van der Waals surface area contributed by atoms with Crippen molar-refractivity contribution in [3.05, 3.63) is 35.4 Å². The molecule has 4 heteroatoms. The fraction of sp³-hybridized carbons (Fsp3) is 0.417. The summed E-state index contributed by atoms with van der Waals surface area (Å²) in [7, 11) is 0. The van der Waals surface area contributed by atoms with Crippen molar-refractivity contribution in [1.29, 1.82) is 0 Å². The van der Waals surface area contributed by atoms with E-state index >= 15 is 0 Å². The van der Waals surface area contributed by atoms with Gasteiger partial charge in [0.05, 0.1) is 10.4 Å². The smallest absolute Gasteiger partial charge is 0.182 e. The number of benzene rings is 1. The van der Waals surface area contributed by atoms with Crippen LogP contribution in [0.25, 0.3) is 0 Å². The van der Waals surface area contributed by atoms with Gasteiger partial charge < -0.3 is 0 Å². The molecule has 0 aliphatic heterocycles. The van der Waals surface area contributed by atoms with Crippen LogP contribution in [0.4, 0.5) is 8.78 Å². The van der Waals surface area contributed by atoms with Crippen LogP contribution in [0.2, 0.25) is 0 Å². The van der Waals surface area contributed by atoms with Crippen molar-refractivity contribution < 1.29 is 13.6 Å². The van der Waals surface area contributed by atoms with Gasteiger partial charge in [-0.3, -0.25) is 4.79 Å². The van der Waals surface area contributed by atoms with Gasteiger partial charge in [-0.15, -0.1) is 0 Å². The minimum Gasteiger partial charge on any atom is -0.293 e. The molecule has 1 aromatic carbocycles. The Morgan fingerprint density at radius 3 is 2.06 bits per heavy atom. The number of carbonyl (C=O) groups excluding carboxylic acids is 1. The average Bonchev–Trinajstić information content (AvgIpc) is 2.14. The normalized spacial score (nSPS) is 13.6. The highest BCUT2D eigenvalue weighted by Crippen LogP contribution is 2.30. The van der Waals surface area contributed by atoms with Gasteiger partial charge >= 0.3 is 0 Å². The highest BCUT2D eigenvalue weighted by atomic mass is 79.9. The van der Waals surface area contributed by atoms with Gasteiger partial charge in [-0.2, -0.15) is 0 Å². The molecule has 0 aliphatic rings. The van der Waals surface area contributed by atoms with Crippen molar-refractivity contribution in [2.45, 2.75) is 25.6 Å². The summed E-state index contributed by atoms with van der Waals surface area (Å²) in [6.07, 6.45) is 0. The Morgan fingerprint density at radius 2 is 1.69 bits per heavy atom. The molecule has 0 aliphatic carbocycles. The van der Waals surface area contributed by atoms with E-state index < -0.39 is 33.2 Å². The van der Waals surface area contributed by atoms with Crippen molar-refractivity contribution in [1.82, 2.24) is 0 Å². The molecule has 0 bridgehead atoms. The maximum atomic E-state index is 13.4. The van der Waals surface area contributed by atoms with Gasteiger partial charge in [0.15, 0.2) is 5.78 Å². The second-order valence-corrected chi connectivity index (χ2v) is 5.61. The molecule has 1 aromatic rings. The number of carbonyl (C=O) groups is 1. The van der Waals surface area contributed by atoms with Crippen molar-refractivity contribution in [2.75, 3.05) is 0 Å². The molecule has 0 heterocycles. The first-order chi connectivity index (χ1) is 7.25. The van der Waals surface area contributed by atoms with Crippen LogP contribution in [0.1, 0.15) is 31.1 Å². The van der Waals surface area contributed by atoms with Crippen LogP contribution in [0, 0.1) is 17.0 Å². The summed E-state index contributed by atoms with van der Waals surface area (Å²) in [4.78, 5) is 11.3. The Kier molecular flexibility index (Phi) is 3.84. The monoisotopic (exact) mass is 290 g/mol. The van der Waals surface area contributed by atoms with E-state index in [-0.39, 0.29) is 0 Å². The first-order valence-corrected chi connectivity index (χ1v) is 5.79. The molecule has 1 unspecified atom stereocenters. The molecule has 0 saturated heterocycles. The van der Waals surface area contributed by atoms with Gasteiger partial charge in [-0.1, -0.05) is 42.8 Å². The second kappa shape index (κ2) is 4.62. The quantitative estimate of drug-likeness (QED) is 0.595. The molecule has 0 N–H and O–H groups in total. The van der Waals surface area contributed by atoms with E-state index in [2.05, 4.69) is 15.9 Å². The maximum Gasteiger partial charge on any atom is 0.182 e. The third-order valence-electron chi connectivity index (χ3n) is 2.20. The van der Waals surface area contributed by atoms with E-state index in [0.717, 1.165) is 12.1 Å². The summed E-state index contributed by atoms with van der Waals surface area (Å²) in [6, 6.07) is 3.40. The molecule has 0 saturated carbocycles. The molecule has 0 radical (unpaired) electrons. The Bertz CT molecular complexity index is 390. The Hall–Kier alpha value is -0.770. The molecule has 1 rings (SSSR count). The number of ketones is 1. The molecule has 1 nitrogen and oxygen atoms in total. The standard InChI is InChI=1S/C12H13BrF2O/c1-12(2,3)11(13)10(16)9-7(14)5-4-6-8(9)15/h4-6,11H,1-3H3. The number of halogens is 3. The summed E-state index contributed by atoms with van der Waals surface area (Å²) in [5.74, 6) is -2.21. The Morgan fingerprint density at radius 1 is 1.25 bits per heavy atom. The van der Waals surface area contributed by atoms with Crippen LogP contribution in [0.5, 0.6) is 0 Å². The third kappa shape index (κ3) is 2.67. The van der Waals surface area contributed by atoms with E-state index in [1.807, 2.05) is 20.8 Å². The van der Waals surface area contributed by atoms with Crippen molar-refractivity contribution >= 4 is 21.7 Å². The fourth-order valence-electron chi connectivity index (χ4n) is 1.25. The zero-order chi connectivity index (χ0) is 12.5. The molecule has 0 amide bonds. The lowest BCUT2D eigenvalue weighted by atomic mass is 9.87. The average molecular weight is 291 g/mol. The first-order valence-electron chi connectivity index (χ1n) is 4.87. The largest absolute Gasteiger partial charge is 0.293 e. The highest BCUT2D eigenvalue weighted by Gasteiger charge is 2.32. The maximum absolute atomic E-state index is 13.4. The fourth-order valence-corrected chi connectivity index (χ4v) is 1.48. The Labute approximate surface area is 102 Å². The first kappa shape index (κ1) is 13.3. The van der Waals surface area contributed by atoms with Crippen LogP contribution in [-0.4, -0.2) is 10.6 Å². The predicted octanol–water partition coefficient (Wildman–Crippen LogP) is 3.96. The molecule has 16 heavy (non-hydrogen) atoms. The van der Waals surface area contributed by atoms with Crippen LogP contribution >= 0.6 is 15.9 Å². The number of hydrogen-bond donors (Lipinski definition) is 0. The third-order valence-corrected chi connectivity index (χ3v) is 3.99. The van der Waals surface area contributed by atoms with Crippen molar-refractivity contribution in [2.24, 2.45) is 5.41 Å². The molecule has 0 aromatic heterocycles. The van der Waals surface area contributed by atoms with Gasteiger partial charge in [-0.25, -0.2) is 8.78 Å². The lowest BCUT2D eigenvalue weighted by Gasteiger charge is -2.24. The minimum atomic E-state index is -0.821. The summed E-state index contributed by atoms with van der Waals surface area (Å²) in [5.41, 5.74) is -0.870. The molecule has 88 valence electrons. The zero-order valence-electron chi connectivity index (χ0n) is 9.35. The summed E-state index contributed by atoms with van der Waals surface area (Å²) < 4.78 is 26.7. The van der Waals surface area contributed by atoms with Gasteiger partial charge in [0.1, 0.15) is 11.6 Å². The van der Waals surface area contributed by atoms with Gasteiger partial charge in [0.2, 0.25) is 0 Å². The van der Waals surface area contributed by atoms with E-state index in [0.29, 0.717) is 0 Å². The van der Waals surface area contributed by atoms with E-state index in [1.54, 1.807) is 0 Å². The minimum absolute atomic E-state index is 0.397. The zero-order valence-corrected chi connectivity index (χ0v) is 10.9. The molecule has 0 fully saturated rings. The molecular weight excluding hydrogens is 278 g/mol. The van der Waals surface area contributed by atoms with Crippen molar-refractivity contribution in [3.8, 4) is 0 Å². The van der Waals surface area contributed by atoms with Crippen LogP contribution in [0.15, 0.2) is 18.2 Å². The highest BCUT2D eigenvalue weighted by molar-refractivity contribution is 9.10. The second-order valence-electron chi connectivity index (χ2n) is 4.69. The van der Waals surface area contributed by atoms with Gasteiger partial charge in [0.25, 0.3) is 0 Å². The molecular formula is C12H13BrF2O. The number of rotatable bonds is 2. The van der Waals surface area contributed by atoms with E-state index in [9.17, 15) is 13.6 Å².